The molecule has 2 heterocycles. The van der Waals surface area contributed by atoms with Gasteiger partial charge in [0.15, 0.2) is 9.84 Å². The Hall–Kier alpha value is -2.09. The van der Waals surface area contributed by atoms with Gasteiger partial charge in [0.2, 0.25) is 0 Å². The number of hydrogen-bond donors (Lipinski definition) is 0. The zero-order valence-electron chi connectivity index (χ0n) is 20.0. The van der Waals surface area contributed by atoms with Crippen LogP contribution in [0.2, 0.25) is 0 Å². The van der Waals surface area contributed by atoms with Gasteiger partial charge in [-0.25, -0.2) is 13.5 Å². The van der Waals surface area contributed by atoms with E-state index < -0.39 is 21.7 Å². The van der Waals surface area contributed by atoms with Crippen molar-refractivity contribution in [2.75, 3.05) is 6.26 Å². The molecule has 0 spiro atoms. The molecule has 2 radical (unpaired) electrons. The minimum absolute atomic E-state index is 0. The Balaban J connectivity index is 0.000000289. The number of imide groups is 1. The molecule has 184 valence electrons. The predicted octanol–water partition coefficient (Wildman–Crippen LogP) is 4.29. The molecule has 1 aliphatic rings. The standard InChI is InChI=1S/C13H11O2S.C7H4N3O2.C7H7.2Y/c1-16(14,15)13-10-6-5-9-12(13)11-7-3-2-4-8-11;11-6-1-4-2-8-9-3-5(4)7(12)10-6;1-7-5-3-2-4-6-7;;/h3-10H,1H3;2H,1H2,(H,10,11,12);2-6H,1H2;;/q3*-1;;/p-1. The van der Waals surface area contributed by atoms with E-state index in [1.165, 1.54) is 12.5 Å². The van der Waals surface area contributed by atoms with E-state index in [1.54, 1.807) is 24.3 Å². The summed E-state index contributed by atoms with van der Waals surface area (Å²) < 4.78 is 23.2. The van der Waals surface area contributed by atoms with Gasteiger partial charge < -0.3 is 14.9 Å². The molecule has 0 atom stereocenters. The van der Waals surface area contributed by atoms with Crippen LogP contribution in [0, 0.1) is 19.2 Å². The average molecular weight is 661 g/mol. The molecule has 7 nitrogen and oxygen atoms in total. The quantitative estimate of drug-likeness (QED) is 0.235. The first kappa shape index (κ1) is 32.9. The van der Waals surface area contributed by atoms with Crippen LogP contribution in [0.4, 0.5) is 0 Å². The van der Waals surface area contributed by atoms with Gasteiger partial charge in [0.05, 0.1) is 4.90 Å². The fraction of sp³-hybridized carbons (Fsp3) is 0.0741. The van der Waals surface area contributed by atoms with Crippen molar-refractivity contribution in [3.63, 3.8) is 0 Å². The smallest absolute Gasteiger partial charge is 0.176 e. The summed E-state index contributed by atoms with van der Waals surface area (Å²) in [5, 5.41) is 10.2. The van der Waals surface area contributed by atoms with Gasteiger partial charge >= 0.3 is 0 Å². The van der Waals surface area contributed by atoms with Crippen LogP contribution < -0.4 is 0 Å². The molecule has 0 saturated carbocycles. The molecule has 37 heavy (non-hydrogen) atoms. The number of sulfone groups is 1. The van der Waals surface area contributed by atoms with Gasteiger partial charge in [-0.15, -0.1) is 28.8 Å². The maximum Gasteiger partial charge on any atom is 0.176 e. The van der Waals surface area contributed by atoms with Gasteiger partial charge in [-0.3, -0.25) is 0 Å². The predicted molar refractivity (Wildman–Crippen MR) is 132 cm³/mol. The Morgan fingerprint density at radius 1 is 0.919 bits per heavy atom. The largest absolute Gasteiger partial charge is 0.652 e. The summed E-state index contributed by atoms with van der Waals surface area (Å²) in [7, 11) is -3.19. The number of hydrogen-bond acceptors (Lipinski definition) is 6. The number of carbonyl (C=O) groups excluding carboxylic acids is 2. The van der Waals surface area contributed by atoms with E-state index in [-0.39, 0.29) is 77.4 Å². The van der Waals surface area contributed by atoms with Crippen molar-refractivity contribution in [2.24, 2.45) is 0 Å². The van der Waals surface area contributed by atoms with Gasteiger partial charge in [-0.1, -0.05) is 24.3 Å². The molecule has 0 N–H and O–H groups in total. The fourth-order valence-electron chi connectivity index (χ4n) is 3.08. The van der Waals surface area contributed by atoms with E-state index in [9.17, 15) is 18.0 Å². The molecule has 5 rings (SSSR count). The summed E-state index contributed by atoms with van der Waals surface area (Å²) in [4.78, 5) is 22.2. The summed E-state index contributed by atoms with van der Waals surface area (Å²) in [6.45, 7) is 3.72. The monoisotopic (exact) mass is 661 g/mol. The van der Waals surface area contributed by atoms with Gasteiger partial charge in [0, 0.05) is 77.6 Å². The molecule has 0 saturated heterocycles. The summed E-state index contributed by atoms with van der Waals surface area (Å²) in [6.07, 6.45) is 5.13. The number of carbonyl (C=O) groups is 2. The Labute approximate surface area is 267 Å². The molecule has 0 bridgehead atoms. The van der Waals surface area contributed by atoms with Crippen LogP contribution >= 0.6 is 0 Å². The van der Waals surface area contributed by atoms with Crippen molar-refractivity contribution in [2.45, 2.75) is 11.3 Å². The number of fused-ring (bicyclic) bond motifs is 1. The maximum atomic E-state index is 11.6. The van der Waals surface area contributed by atoms with Gasteiger partial charge in [-0.2, -0.15) is 60.1 Å². The van der Waals surface area contributed by atoms with Crippen molar-refractivity contribution in [1.29, 1.82) is 0 Å². The maximum absolute atomic E-state index is 11.6. The fourth-order valence-corrected chi connectivity index (χ4v) is 3.99. The van der Waals surface area contributed by atoms with E-state index in [0.717, 1.165) is 16.7 Å². The normalized spacial score (nSPS) is 11.5. The molecule has 2 amide bonds. The molecule has 10 heteroatoms. The number of benzene rings is 3. The van der Waals surface area contributed by atoms with E-state index in [1.807, 2.05) is 54.6 Å². The second-order valence-electron chi connectivity index (χ2n) is 7.39. The Kier molecular flexibility index (Phi) is 14.2. The molecule has 4 aromatic rings. The summed E-state index contributed by atoms with van der Waals surface area (Å²) in [5.41, 5.74) is 3.50. The van der Waals surface area contributed by atoms with Gasteiger partial charge in [0.25, 0.3) is 0 Å². The molecular weight excluding hydrogens is 640 g/mol. The SMILES string of the molecule is CS(=O)(=O)c1ccccc1-c1cc[c-]cc1.O=C1Cc2cnn[c-]c2C(=O)[N-]1.[CH2-]c1ccccc1.[Y].[Y]. The second-order valence-corrected chi connectivity index (χ2v) is 9.37. The molecule has 1 aliphatic heterocycles. The summed E-state index contributed by atoms with van der Waals surface area (Å²) >= 11 is 0. The molecule has 3 aromatic carbocycles. The minimum Gasteiger partial charge on any atom is -0.652 e. The minimum atomic E-state index is -3.19. The van der Waals surface area contributed by atoms with E-state index in [4.69, 9.17) is 0 Å². The van der Waals surface area contributed by atoms with Crippen molar-refractivity contribution in [1.82, 2.24) is 10.2 Å². The number of amides is 2. The summed E-state index contributed by atoms with van der Waals surface area (Å²) in [6, 6.07) is 27.0. The third kappa shape index (κ3) is 10.3. The first-order chi connectivity index (χ1) is 16.8. The second kappa shape index (κ2) is 16.0. The third-order valence-corrected chi connectivity index (χ3v) is 5.85. The number of nitrogens with zero attached hydrogens (tertiary/aromatic N) is 3. The summed E-state index contributed by atoms with van der Waals surface area (Å²) in [5.74, 6) is -1.01. The van der Waals surface area contributed by atoms with Gasteiger partial charge in [0.1, 0.15) is 0 Å². The Morgan fingerprint density at radius 2 is 1.54 bits per heavy atom. The molecule has 0 aliphatic carbocycles. The van der Waals surface area contributed by atoms with Crippen LogP contribution in [0.5, 0.6) is 0 Å². The van der Waals surface area contributed by atoms with Crippen LogP contribution in [0.1, 0.15) is 21.5 Å². The van der Waals surface area contributed by atoms with Crippen molar-refractivity contribution < 1.29 is 83.4 Å². The number of aromatic nitrogens is 2. The molecular formula is C27H21N3O4SY2-4. The molecule has 0 fully saturated rings. The Bertz CT molecular complexity index is 1420. The van der Waals surface area contributed by atoms with Crippen LogP contribution in [0.15, 0.2) is 90.0 Å². The zero-order valence-corrected chi connectivity index (χ0v) is 26.5. The van der Waals surface area contributed by atoms with E-state index >= 15 is 0 Å². The van der Waals surface area contributed by atoms with Gasteiger partial charge in [-0.05, 0) is 36.4 Å². The van der Waals surface area contributed by atoms with Crippen molar-refractivity contribution in [3.05, 3.63) is 126 Å². The zero-order chi connectivity index (χ0) is 25.3. The molecule has 1 aromatic heterocycles. The third-order valence-electron chi connectivity index (χ3n) is 4.69. The first-order valence-corrected chi connectivity index (χ1v) is 12.3. The van der Waals surface area contributed by atoms with Crippen molar-refractivity contribution >= 4 is 21.7 Å². The number of rotatable bonds is 2. The first-order valence-electron chi connectivity index (χ1n) is 10.4. The van der Waals surface area contributed by atoms with Crippen LogP contribution in [-0.4, -0.2) is 36.7 Å². The average Bonchev–Trinajstić information content (AvgIpc) is 2.85. The van der Waals surface area contributed by atoms with Crippen molar-refractivity contribution in [3.8, 4) is 11.1 Å². The topological polar surface area (TPSA) is 108 Å². The molecule has 0 unspecified atom stereocenters. The van der Waals surface area contributed by atoms with Crippen LogP contribution in [0.25, 0.3) is 16.4 Å². The van der Waals surface area contributed by atoms with Crippen LogP contribution in [-0.2, 0) is 86.5 Å². The van der Waals surface area contributed by atoms with E-state index in [2.05, 4.69) is 34.7 Å². The Morgan fingerprint density at radius 3 is 2.14 bits per heavy atom. The van der Waals surface area contributed by atoms with E-state index in [0.29, 0.717) is 10.5 Å². The van der Waals surface area contributed by atoms with Crippen LogP contribution in [0.3, 0.4) is 0 Å².